The second kappa shape index (κ2) is 9.42. The number of amides is 3. The Labute approximate surface area is 198 Å². The Morgan fingerprint density at radius 1 is 1.06 bits per heavy atom. The molecule has 3 amide bonds. The molecule has 2 aromatic carbocycles. The summed E-state index contributed by atoms with van der Waals surface area (Å²) in [4.78, 5) is 51.3. The van der Waals surface area contributed by atoms with Crippen molar-refractivity contribution in [2.24, 2.45) is 11.8 Å². The van der Waals surface area contributed by atoms with Gasteiger partial charge in [-0.3, -0.25) is 19.3 Å². The van der Waals surface area contributed by atoms with E-state index in [1.807, 2.05) is 0 Å². The summed E-state index contributed by atoms with van der Waals surface area (Å²) in [5, 5.41) is 3.03. The number of ether oxygens (including phenoxy) is 1. The zero-order chi connectivity index (χ0) is 22.8. The van der Waals surface area contributed by atoms with Gasteiger partial charge in [-0.15, -0.1) is 0 Å². The number of rotatable bonds is 5. The summed E-state index contributed by atoms with van der Waals surface area (Å²) in [6.45, 7) is -0.498. The molecule has 0 aromatic heterocycles. The number of benzene rings is 2. The number of hydrogen-bond acceptors (Lipinski definition) is 5. The number of hydrogen-bond donors (Lipinski definition) is 1. The maximum atomic E-state index is 12.8. The van der Waals surface area contributed by atoms with Gasteiger partial charge in [-0.2, -0.15) is 0 Å². The minimum Gasteiger partial charge on any atom is -0.452 e. The lowest BCUT2D eigenvalue weighted by Gasteiger charge is -2.19. The van der Waals surface area contributed by atoms with Gasteiger partial charge >= 0.3 is 5.97 Å². The smallest absolute Gasteiger partial charge is 0.338 e. The molecule has 2 atom stereocenters. The molecule has 4 rings (SSSR count). The number of carbonyl (C=O) groups excluding carboxylic acids is 4. The van der Waals surface area contributed by atoms with Crippen LogP contribution in [0.2, 0.25) is 5.02 Å². The first kappa shape index (κ1) is 22.5. The first-order valence-electron chi connectivity index (χ1n) is 10.2. The molecule has 166 valence electrons. The van der Waals surface area contributed by atoms with Crippen LogP contribution in [0.4, 0.5) is 11.4 Å². The number of halogens is 2. The van der Waals surface area contributed by atoms with Crippen molar-refractivity contribution in [3.05, 3.63) is 57.5 Å². The normalized spacial score (nSPS) is 20.1. The molecule has 1 saturated carbocycles. The molecular formula is C23H20BrClN2O5. The minimum absolute atomic E-state index is 0.150. The molecule has 2 aromatic rings. The van der Waals surface area contributed by atoms with Crippen molar-refractivity contribution in [3.8, 4) is 0 Å². The predicted octanol–water partition coefficient (Wildman–Crippen LogP) is 4.58. The van der Waals surface area contributed by atoms with Crippen LogP contribution in [0.25, 0.3) is 0 Å². The van der Waals surface area contributed by atoms with E-state index < -0.39 is 18.5 Å². The Balaban J connectivity index is 1.40. The van der Waals surface area contributed by atoms with Crippen LogP contribution in [0.1, 0.15) is 36.0 Å². The average molecular weight is 520 g/mol. The topological polar surface area (TPSA) is 92.8 Å². The molecule has 2 fully saturated rings. The summed E-state index contributed by atoms with van der Waals surface area (Å²) >= 11 is 9.27. The van der Waals surface area contributed by atoms with E-state index in [2.05, 4.69) is 21.2 Å². The predicted molar refractivity (Wildman–Crippen MR) is 122 cm³/mol. The molecule has 1 saturated heterocycles. The van der Waals surface area contributed by atoms with E-state index >= 15 is 0 Å². The van der Waals surface area contributed by atoms with Crippen molar-refractivity contribution in [1.82, 2.24) is 0 Å². The van der Waals surface area contributed by atoms with Gasteiger partial charge in [0.2, 0.25) is 11.8 Å². The van der Waals surface area contributed by atoms with Crippen molar-refractivity contribution in [3.63, 3.8) is 0 Å². The maximum absolute atomic E-state index is 12.8. The van der Waals surface area contributed by atoms with Gasteiger partial charge in [-0.1, -0.05) is 30.5 Å². The number of carbonyl (C=O) groups is 4. The van der Waals surface area contributed by atoms with Gasteiger partial charge in [0, 0.05) is 10.2 Å². The fourth-order valence-electron chi connectivity index (χ4n) is 4.17. The van der Waals surface area contributed by atoms with Crippen molar-refractivity contribution in [1.29, 1.82) is 0 Å². The lowest BCUT2D eigenvalue weighted by atomic mass is 9.81. The highest BCUT2D eigenvalue weighted by molar-refractivity contribution is 9.10. The van der Waals surface area contributed by atoms with Crippen molar-refractivity contribution >= 4 is 62.6 Å². The molecular weight excluding hydrogens is 500 g/mol. The van der Waals surface area contributed by atoms with E-state index in [9.17, 15) is 19.2 Å². The summed E-state index contributed by atoms with van der Waals surface area (Å²) in [7, 11) is 0. The molecule has 0 spiro atoms. The fourth-order valence-corrected chi connectivity index (χ4v) is 4.60. The van der Waals surface area contributed by atoms with Crippen LogP contribution in [-0.4, -0.2) is 30.3 Å². The second-order valence-corrected chi connectivity index (χ2v) is 9.07. The summed E-state index contributed by atoms with van der Waals surface area (Å²) in [5.74, 6) is -2.23. The zero-order valence-corrected chi connectivity index (χ0v) is 19.3. The largest absolute Gasteiger partial charge is 0.452 e. The van der Waals surface area contributed by atoms with Crippen LogP contribution < -0.4 is 10.2 Å². The zero-order valence-electron chi connectivity index (χ0n) is 17.0. The van der Waals surface area contributed by atoms with Crippen LogP contribution in [0.3, 0.4) is 0 Å². The monoisotopic (exact) mass is 518 g/mol. The van der Waals surface area contributed by atoms with E-state index in [0.717, 1.165) is 12.8 Å². The third-order valence-electron chi connectivity index (χ3n) is 5.72. The van der Waals surface area contributed by atoms with Crippen LogP contribution in [0.15, 0.2) is 46.9 Å². The highest BCUT2D eigenvalue weighted by atomic mass is 79.9. The average Bonchev–Trinajstić information content (AvgIpc) is 3.05. The van der Waals surface area contributed by atoms with Crippen LogP contribution >= 0.6 is 27.5 Å². The number of anilines is 2. The van der Waals surface area contributed by atoms with Crippen molar-refractivity contribution < 1.29 is 23.9 Å². The molecule has 1 N–H and O–H groups in total. The first-order valence-corrected chi connectivity index (χ1v) is 11.4. The Kier molecular flexibility index (Phi) is 6.62. The number of fused-ring (bicyclic) bond motifs is 1. The van der Waals surface area contributed by atoms with Crippen molar-refractivity contribution in [2.75, 3.05) is 16.8 Å². The summed E-state index contributed by atoms with van der Waals surface area (Å²) in [5.41, 5.74) is 0.962. The van der Waals surface area contributed by atoms with Gasteiger partial charge in [-0.25, -0.2) is 4.79 Å². The van der Waals surface area contributed by atoms with Gasteiger partial charge in [0.1, 0.15) is 0 Å². The van der Waals surface area contributed by atoms with Gasteiger partial charge in [0.05, 0.1) is 28.1 Å². The van der Waals surface area contributed by atoms with E-state index in [4.69, 9.17) is 16.3 Å². The van der Waals surface area contributed by atoms with E-state index in [0.29, 0.717) is 33.7 Å². The first-order chi connectivity index (χ1) is 15.3. The fraction of sp³-hybridized carbons (Fsp3) is 0.304. The molecule has 0 unspecified atom stereocenters. The summed E-state index contributed by atoms with van der Waals surface area (Å²) < 4.78 is 5.79. The highest BCUT2D eigenvalue weighted by Gasteiger charge is 2.48. The van der Waals surface area contributed by atoms with E-state index in [-0.39, 0.29) is 29.2 Å². The van der Waals surface area contributed by atoms with E-state index in [1.54, 1.807) is 30.3 Å². The molecule has 0 bridgehead atoms. The van der Waals surface area contributed by atoms with E-state index in [1.165, 1.54) is 17.0 Å². The van der Waals surface area contributed by atoms with Gasteiger partial charge in [0.25, 0.3) is 5.91 Å². The summed E-state index contributed by atoms with van der Waals surface area (Å²) in [6, 6.07) is 11.1. The Hall–Kier alpha value is -2.71. The third kappa shape index (κ3) is 4.56. The Bertz CT molecular complexity index is 1080. The SMILES string of the molecule is O=C(COC(=O)c1cccc(N2C(=O)[C@H]3CCCC[C@@H]3C2=O)c1)Nc1ccc(Br)c(Cl)c1. The third-order valence-corrected chi connectivity index (χ3v) is 6.95. The quantitative estimate of drug-likeness (QED) is 0.461. The molecule has 32 heavy (non-hydrogen) atoms. The Morgan fingerprint density at radius 2 is 1.75 bits per heavy atom. The van der Waals surface area contributed by atoms with Gasteiger partial charge in [-0.05, 0) is 65.2 Å². The summed E-state index contributed by atoms with van der Waals surface area (Å²) in [6.07, 6.45) is 3.31. The number of nitrogens with zero attached hydrogens (tertiary/aromatic N) is 1. The van der Waals surface area contributed by atoms with Gasteiger partial charge in [0.15, 0.2) is 6.61 Å². The molecule has 1 aliphatic heterocycles. The van der Waals surface area contributed by atoms with Crippen LogP contribution in [-0.2, 0) is 19.1 Å². The molecule has 1 heterocycles. The Morgan fingerprint density at radius 3 is 2.41 bits per heavy atom. The molecule has 2 aliphatic rings. The minimum atomic E-state index is -0.729. The van der Waals surface area contributed by atoms with Crippen molar-refractivity contribution in [2.45, 2.75) is 25.7 Å². The van der Waals surface area contributed by atoms with Crippen LogP contribution in [0, 0.1) is 11.8 Å². The number of nitrogens with one attached hydrogen (secondary N) is 1. The van der Waals surface area contributed by atoms with Crippen LogP contribution in [0.5, 0.6) is 0 Å². The standard InChI is InChI=1S/C23H20BrClN2O5/c24-18-9-8-14(11-19(18)25)26-20(28)12-32-23(31)13-4-3-5-15(10-13)27-21(29)16-6-1-2-7-17(16)22(27)30/h3-5,8-11,16-17H,1-2,6-7,12H2,(H,26,28)/t16-,17-/m0/s1. The molecule has 1 aliphatic carbocycles. The highest BCUT2D eigenvalue weighted by Crippen LogP contribution is 2.40. The molecule has 0 radical (unpaired) electrons. The second-order valence-electron chi connectivity index (χ2n) is 7.81. The maximum Gasteiger partial charge on any atom is 0.338 e. The molecule has 9 heteroatoms. The van der Waals surface area contributed by atoms with Gasteiger partial charge < -0.3 is 10.1 Å². The lowest BCUT2D eigenvalue weighted by molar-refractivity contribution is -0.122. The molecule has 7 nitrogen and oxygen atoms in total. The number of imide groups is 1. The number of esters is 1. The lowest BCUT2D eigenvalue weighted by Crippen LogP contribution is -2.31.